The fourth-order valence-corrected chi connectivity index (χ4v) is 5.07. The van der Waals surface area contributed by atoms with E-state index in [0.29, 0.717) is 27.1 Å². The van der Waals surface area contributed by atoms with Crippen LogP contribution in [0, 0.1) is 0 Å². The first-order chi connectivity index (χ1) is 14.5. The van der Waals surface area contributed by atoms with E-state index in [1.54, 1.807) is 42.5 Å². The molecule has 0 heterocycles. The number of nitrogens with one attached hydrogen (secondary N) is 1. The molecular weight excluding hydrogens is 418 g/mol. The van der Waals surface area contributed by atoms with Crippen LogP contribution < -0.4 is 9.46 Å². The van der Waals surface area contributed by atoms with E-state index in [-0.39, 0.29) is 10.6 Å². The number of hydrogen-bond acceptors (Lipinski definition) is 5. The van der Waals surface area contributed by atoms with E-state index in [0.717, 1.165) is 4.90 Å². The Balaban J connectivity index is 1.78. The van der Waals surface area contributed by atoms with Gasteiger partial charge < -0.3 is 9.84 Å². The van der Waals surface area contributed by atoms with E-state index in [4.69, 9.17) is 4.74 Å². The number of methoxy groups -OCH3 is 1. The predicted molar refractivity (Wildman–Crippen MR) is 120 cm³/mol. The molecule has 0 aromatic heterocycles. The van der Waals surface area contributed by atoms with Crippen molar-refractivity contribution in [1.82, 2.24) is 0 Å². The standard InChI is InChI=1S/C23H19NO4S2/c1-28-16-11-13-18(14-12-16)30(26,27)24-21-15-22(29-17-7-3-2-4-8-17)23(25)20-10-6-5-9-19(20)21/h2-15,24-25H,1H3. The highest BCUT2D eigenvalue weighted by Crippen LogP contribution is 2.42. The molecule has 0 atom stereocenters. The zero-order valence-electron chi connectivity index (χ0n) is 16.1. The van der Waals surface area contributed by atoms with E-state index >= 15 is 0 Å². The first kappa shape index (κ1) is 20.1. The number of phenolic OH excluding ortho intramolecular Hbond substituents is 1. The van der Waals surface area contributed by atoms with Gasteiger partial charge in [-0.05, 0) is 42.5 Å². The SMILES string of the molecule is COc1ccc(S(=O)(=O)Nc2cc(Sc3ccccc3)c(O)c3ccccc23)cc1. The molecule has 4 rings (SSSR count). The second-order valence-corrected chi connectivity index (χ2v) is 9.31. The molecule has 0 aliphatic heterocycles. The topological polar surface area (TPSA) is 75.6 Å². The molecular formula is C23H19NO4S2. The molecule has 30 heavy (non-hydrogen) atoms. The summed E-state index contributed by atoms with van der Waals surface area (Å²) >= 11 is 1.37. The van der Waals surface area contributed by atoms with Gasteiger partial charge in [-0.15, -0.1) is 0 Å². The molecule has 4 aromatic rings. The number of phenols is 1. The maximum absolute atomic E-state index is 13.0. The molecule has 0 saturated heterocycles. The van der Waals surface area contributed by atoms with Crippen LogP contribution in [0.4, 0.5) is 5.69 Å². The summed E-state index contributed by atoms with van der Waals surface area (Å²) in [4.78, 5) is 1.62. The molecule has 0 aliphatic rings. The normalized spacial score (nSPS) is 11.4. The van der Waals surface area contributed by atoms with E-state index in [2.05, 4.69) is 4.72 Å². The van der Waals surface area contributed by atoms with Crippen molar-refractivity contribution >= 4 is 38.2 Å². The molecule has 0 saturated carbocycles. The second kappa shape index (κ2) is 8.30. The van der Waals surface area contributed by atoms with Crippen LogP contribution >= 0.6 is 11.8 Å². The van der Waals surface area contributed by atoms with E-state index in [1.807, 2.05) is 30.3 Å². The summed E-state index contributed by atoms with van der Waals surface area (Å²) in [6, 6.07) is 24.6. The van der Waals surface area contributed by atoms with Crippen LogP contribution in [0.2, 0.25) is 0 Å². The van der Waals surface area contributed by atoms with E-state index in [9.17, 15) is 13.5 Å². The Morgan fingerprint density at radius 1 is 0.867 bits per heavy atom. The average Bonchev–Trinajstić information content (AvgIpc) is 2.77. The van der Waals surface area contributed by atoms with Gasteiger partial charge in [0.25, 0.3) is 10.0 Å². The van der Waals surface area contributed by atoms with Gasteiger partial charge in [0, 0.05) is 15.7 Å². The van der Waals surface area contributed by atoms with Crippen LogP contribution in [0.25, 0.3) is 10.8 Å². The lowest BCUT2D eigenvalue weighted by molar-refractivity contribution is 0.414. The lowest BCUT2D eigenvalue weighted by atomic mass is 10.1. The highest BCUT2D eigenvalue weighted by molar-refractivity contribution is 7.99. The third kappa shape index (κ3) is 4.08. The van der Waals surface area contributed by atoms with Gasteiger partial charge >= 0.3 is 0 Å². The molecule has 0 aliphatic carbocycles. The lowest BCUT2D eigenvalue weighted by Gasteiger charge is -2.15. The first-order valence-electron chi connectivity index (χ1n) is 9.12. The number of aromatic hydroxyl groups is 1. The molecule has 0 unspecified atom stereocenters. The Bertz CT molecular complexity index is 1290. The zero-order valence-corrected chi connectivity index (χ0v) is 17.7. The minimum Gasteiger partial charge on any atom is -0.506 e. The summed E-state index contributed by atoms with van der Waals surface area (Å²) in [6.07, 6.45) is 0. The van der Waals surface area contributed by atoms with Crippen molar-refractivity contribution in [3.63, 3.8) is 0 Å². The fourth-order valence-electron chi connectivity index (χ4n) is 3.07. The fraction of sp³-hybridized carbons (Fsp3) is 0.0435. The van der Waals surface area contributed by atoms with Crippen LogP contribution in [0.15, 0.2) is 99.6 Å². The van der Waals surface area contributed by atoms with Gasteiger partial charge in [0.15, 0.2) is 0 Å². The molecule has 5 nitrogen and oxygen atoms in total. The lowest BCUT2D eigenvalue weighted by Crippen LogP contribution is -2.13. The minimum atomic E-state index is -3.83. The van der Waals surface area contributed by atoms with Crippen molar-refractivity contribution in [2.75, 3.05) is 11.8 Å². The molecule has 0 bridgehead atoms. The Labute approximate surface area is 179 Å². The van der Waals surface area contributed by atoms with Crippen molar-refractivity contribution in [2.24, 2.45) is 0 Å². The van der Waals surface area contributed by atoms with Gasteiger partial charge in [0.05, 0.1) is 22.6 Å². The highest BCUT2D eigenvalue weighted by atomic mass is 32.2. The van der Waals surface area contributed by atoms with Crippen LogP contribution in [-0.4, -0.2) is 20.6 Å². The second-order valence-electron chi connectivity index (χ2n) is 6.51. The van der Waals surface area contributed by atoms with Gasteiger partial charge in [-0.3, -0.25) is 4.72 Å². The summed E-state index contributed by atoms with van der Waals surface area (Å²) in [5, 5.41) is 12.0. The van der Waals surface area contributed by atoms with Crippen molar-refractivity contribution in [3.8, 4) is 11.5 Å². The summed E-state index contributed by atoms with van der Waals surface area (Å²) in [7, 11) is -2.30. The van der Waals surface area contributed by atoms with Gasteiger partial charge in [-0.1, -0.05) is 54.2 Å². The quantitative estimate of drug-likeness (QED) is 0.389. The van der Waals surface area contributed by atoms with E-state index < -0.39 is 10.0 Å². The average molecular weight is 438 g/mol. The summed E-state index contributed by atoms with van der Waals surface area (Å²) in [5.74, 6) is 0.692. The first-order valence-corrected chi connectivity index (χ1v) is 11.4. The Morgan fingerprint density at radius 2 is 1.50 bits per heavy atom. The van der Waals surface area contributed by atoms with Gasteiger partial charge in [0.2, 0.25) is 0 Å². The van der Waals surface area contributed by atoms with Gasteiger partial charge in [-0.25, -0.2) is 8.42 Å². The van der Waals surface area contributed by atoms with Crippen molar-refractivity contribution in [2.45, 2.75) is 14.7 Å². The number of fused-ring (bicyclic) bond motifs is 1. The monoisotopic (exact) mass is 437 g/mol. The highest BCUT2D eigenvalue weighted by Gasteiger charge is 2.19. The van der Waals surface area contributed by atoms with Crippen LogP contribution in [0.3, 0.4) is 0 Å². The number of benzene rings is 4. The van der Waals surface area contributed by atoms with Crippen molar-refractivity contribution in [1.29, 1.82) is 0 Å². The third-order valence-electron chi connectivity index (χ3n) is 4.57. The Morgan fingerprint density at radius 3 is 2.17 bits per heavy atom. The maximum Gasteiger partial charge on any atom is 0.261 e. The van der Waals surface area contributed by atoms with Crippen molar-refractivity contribution in [3.05, 3.63) is 84.9 Å². The van der Waals surface area contributed by atoms with Crippen LogP contribution in [-0.2, 0) is 10.0 Å². The third-order valence-corrected chi connectivity index (χ3v) is 6.99. The molecule has 152 valence electrons. The van der Waals surface area contributed by atoms with Crippen molar-refractivity contribution < 1.29 is 18.3 Å². The molecule has 7 heteroatoms. The maximum atomic E-state index is 13.0. The van der Waals surface area contributed by atoms with Gasteiger partial charge in [0.1, 0.15) is 11.5 Å². The molecule has 0 amide bonds. The number of sulfonamides is 1. The number of ether oxygens (including phenoxy) is 1. The molecule has 0 fully saturated rings. The number of hydrogen-bond donors (Lipinski definition) is 2. The minimum absolute atomic E-state index is 0.117. The summed E-state index contributed by atoms with van der Waals surface area (Å²) < 4.78 is 33.7. The smallest absolute Gasteiger partial charge is 0.261 e. The molecule has 0 spiro atoms. The number of rotatable bonds is 6. The Hall–Kier alpha value is -3.16. The van der Waals surface area contributed by atoms with E-state index in [1.165, 1.54) is 31.0 Å². The predicted octanol–water partition coefficient (Wildman–Crippen LogP) is 5.51. The van der Waals surface area contributed by atoms with Crippen LogP contribution in [0.5, 0.6) is 11.5 Å². The Kier molecular flexibility index (Phi) is 5.57. The molecule has 0 radical (unpaired) electrons. The largest absolute Gasteiger partial charge is 0.506 e. The summed E-state index contributed by atoms with van der Waals surface area (Å²) in [6.45, 7) is 0. The molecule has 4 aromatic carbocycles. The molecule has 2 N–H and O–H groups in total. The zero-order chi connectivity index (χ0) is 21.1. The summed E-state index contributed by atoms with van der Waals surface area (Å²) in [5.41, 5.74) is 0.401. The van der Waals surface area contributed by atoms with Gasteiger partial charge in [-0.2, -0.15) is 0 Å². The van der Waals surface area contributed by atoms with Crippen LogP contribution in [0.1, 0.15) is 0 Å². The number of anilines is 1.